The third kappa shape index (κ3) is 5.54. The molecular formula is C31H31FN4O. The van der Waals surface area contributed by atoms with Crippen molar-refractivity contribution in [2.45, 2.75) is 13.8 Å². The van der Waals surface area contributed by atoms with E-state index in [0.29, 0.717) is 30.0 Å². The summed E-state index contributed by atoms with van der Waals surface area (Å²) in [6, 6.07) is 24.5. The van der Waals surface area contributed by atoms with E-state index in [1.54, 1.807) is 28.9 Å². The molecule has 0 unspecified atom stereocenters. The highest BCUT2D eigenvalue weighted by Crippen LogP contribution is 2.26. The molecule has 1 aliphatic rings. The molecule has 0 radical (unpaired) electrons. The number of rotatable bonds is 6. The molecule has 0 aliphatic carbocycles. The molecule has 0 bridgehead atoms. The van der Waals surface area contributed by atoms with Crippen molar-refractivity contribution in [3.8, 4) is 16.9 Å². The molecule has 1 fully saturated rings. The maximum Gasteiger partial charge on any atom is 0.272 e. The Morgan fingerprint density at radius 2 is 1.65 bits per heavy atom. The first-order valence-electron chi connectivity index (χ1n) is 12.7. The standard InChI is InChI=1S/C31H31FN4O/c1-23-14-15-29(24(2)21-23)36-30(22-28(33-36)26-12-6-7-13-27(26)32)31(37)35-19-17-34(18-20-35)16-8-11-25-9-4-3-5-10-25/h3-15,21-22H,16-20H2,1-2H3/b11-8+. The molecule has 1 saturated heterocycles. The number of hydrogen-bond donors (Lipinski definition) is 0. The monoisotopic (exact) mass is 494 g/mol. The second-order valence-corrected chi connectivity index (χ2v) is 9.50. The molecule has 2 heterocycles. The Balaban J connectivity index is 1.36. The fourth-order valence-electron chi connectivity index (χ4n) is 4.76. The number of aryl methyl sites for hydroxylation is 2. The fraction of sp³-hybridized carbons (Fsp3) is 0.226. The van der Waals surface area contributed by atoms with E-state index >= 15 is 0 Å². The van der Waals surface area contributed by atoms with Crippen LogP contribution in [-0.4, -0.2) is 58.2 Å². The van der Waals surface area contributed by atoms with Gasteiger partial charge in [-0.3, -0.25) is 9.69 Å². The van der Waals surface area contributed by atoms with Gasteiger partial charge in [-0.05, 0) is 49.2 Å². The van der Waals surface area contributed by atoms with Crippen LogP contribution in [0.3, 0.4) is 0 Å². The highest BCUT2D eigenvalue weighted by Gasteiger charge is 2.27. The summed E-state index contributed by atoms with van der Waals surface area (Å²) in [5.41, 5.74) is 5.42. The van der Waals surface area contributed by atoms with Gasteiger partial charge in [-0.2, -0.15) is 5.10 Å². The number of carbonyl (C=O) groups excluding carboxylic acids is 1. The molecule has 1 aliphatic heterocycles. The maximum atomic E-state index is 14.6. The summed E-state index contributed by atoms with van der Waals surface area (Å²) in [6.45, 7) is 7.73. The Hall–Kier alpha value is -4.03. The maximum absolute atomic E-state index is 14.6. The van der Waals surface area contributed by atoms with Crippen LogP contribution in [-0.2, 0) is 0 Å². The van der Waals surface area contributed by atoms with E-state index < -0.39 is 0 Å². The van der Waals surface area contributed by atoms with Crippen LogP contribution in [0.25, 0.3) is 23.0 Å². The minimum absolute atomic E-state index is 0.0884. The second-order valence-electron chi connectivity index (χ2n) is 9.50. The van der Waals surface area contributed by atoms with Crippen molar-refractivity contribution in [3.05, 3.63) is 113 Å². The number of hydrogen-bond acceptors (Lipinski definition) is 3. The van der Waals surface area contributed by atoms with Gasteiger partial charge in [0.2, 0.25) is 0 Å². The molecule has 0 atom stereocenters. The van der Waals surface area contributed by atoms with Crippen LogP contribution in [0.15, 0.2) is 84.9 Å². The molecule has 5 rings (SSSR count). The van der Waals surface area contributed by atoms with Crippen LogP contribution in [0, 0.1) is 19.7 Å². The zero-order valence-corrected chi connectivity index (χ0v) is 21.3. The van der Waals surface area contributed by atoms with Crippen LogP contribution in [0.1, 0.15) is 27.2 Å². The highest BCUT2D eigenvalue weighted by molar-refractivity contribution is 5.94. The van der Waals surface area contributed by atoms with Crippen LogP contribution in [0.4, 0.5) is 4.39 Å². The van der Waals surface area contributed by atoms with E-state index in [0.717, 1.165) is 36.4 Å². The van der Waals surface area contributed by atoms with Gasteiger partial charge in [0.15, 0.2) is 0 Å². The fourth-order valence-corrected chi connectivity index (χ4v) is 4.76. The summed E-state index contributed by atoms with van der Waals surface area (Å²) in [7, 11) is 0. The van der Waals surface area contributed by atoms with Crippen molar-refractivity contribution >= 4 is 12.0 Å². The Morgan fingerprint density at radius 3 is 2.38 bits per heavy atom. The lowest BCUT2D eigenvalue weighted by Gasteiger charge is -2.34. The van der Waals surface area contributed by atoms with Crippen molar-refractivity contribution in [2.75, 3.05) is 32.7 Å². The minimum Gasteiger partial charge on any atom is -0.335 e. The van der Waals surface area contributed by atoms with Crippen molar-refractivity contribution in [3.63, 3.8) is 0 Å². The predicted octanol–water partition coefficient (Wildman–Crippen LogP) is 5.77. The molecule has 1 aromatic heterocycles. The number of halogens is 1. The lowest BCUT2D eigenvalue weighted by molar-refractivity contribution is 0.0641. The number of amides is 1. The van der Waals surface area contributed by atoms with E-state index in [4.69, 9.17) is 5.10 Å². The van der Waals surface area contributed by atoms with Gasteiger partial charge < -0.3 is 4.90 Å². The third-order valence-corrected chi connectivity index (χ3v) is 6.79. The number of carbonyl (C=O) groups is 1. The van der Waals surface area contributed by atoms with Crippen LogP contribution < -0.4 is 0 Å². The summed E-state index contributed by atoms with van der Waals surface area (Å²) < 4.78 is 16.3. The molecule has 4 aromatic rings. The number of aromatic nitrogens is 2. The zero-order valence-electron chi connectivity index (χ0n) is 21.3. The average molecular weight is 495 g/mol. The molecule has 6 heteroatoms. The van der Waals surface area contributed by atoms with Crippen molar-refractivity contribution < 1.29 is 9.18 Å². The van der Waals surface area contributed by atoms with Gasteiger partial charge in [-0.1, -0.05) is 72.3 Å². The van der Waals surface area contributed by atoms with Crippen molar-refractivity contribution in [1.82, 2.24) is 19.6 Å². The lowest BCUT2D eigenvalue weighted by Crippen LogP contribution is -2.49. The number of nitrogens with zero attached hydrogens (tertiary/aromatic N) is 4. The summed E-state index contributed by atoms with van der Waals surface area (Å²) in [5, 5.41) is 4.71. The second kappa shape index (κ2) is 10.9. The molecule has 0 spiro atoms. The van der Waals surface area contributed by atoms with E-state index in [-0.39, 0.29) is 11.7 Å². The third-order valence-electron chi connectivity index (χ3n) is 6.79. The summed E-state index contributed by atoms with van der Waals surface area (Å²) >= 11 is 0. The molecule has 0 saturated carbocycles. The van der Waals surface area contributed by atoms with Gasteiger partial charge in [0.05, 0.1) is 11.4 Å². The Labute approximate surface area is 217 Å². The molecule has 3 aromatic carbocycles. The van der Waals surface area contributed by atoms with Crippen LogP contribution >= 0.6 is 0 Å². The van der Waals surface area contributed by atoms with Crippen LogP contribution in [0.2, 0.25) is 0 Å². The van der Waals surface area contributed by atoms with Gasteiger partial charge in [-0.25, -0.2) is 9.07 Å². The largest absolute Gasteiger partial charge is 0.335 e. The van der Waals surface area contributed by atoms with E-state index in [1.807, 2.05) is 49.1 Å². The first-order valence-corrected chi connectivity index (χ1v) is 12.7. The summed E-state index contributed by atoms with van der Waals surface area (Å²) in [6.07, 6.45) is 4.30. The molecule has 1 amide bonds. The van der Waals surface area contributed by atoms with Crippen molar-refractivity contribution in [1.29, 1.82) is 0 Å². The number of benzene rings is 3. The quantitative estimate of drug-likeness (QED) is 0.342. The highest BCUT2D eigenvalue weighted by atomic mass is 19.1. The SMILES string of the molecule is Cc1ccc(-n2nc(-c3ccccc3F)cc2C(=O)N2CCN(C/C=C/c3ccccc3)CC2)c(C)c1. The Bertz CT molecular complexity index is 1420. The molecule has 37 heavy (non-hydrogen) atoms. The average Bonchev–Trinajstić information content (AvgIpc) is 3.34. The predicted molar refractivity (Wildman–Crippen MR) is 146 cm³/mol. The topological polar surface area (TPSA) is 41.4 Å². The van der Waals surface area contributed by atoms with Gasteiger partial charge >= 0.3 is 0 Å². The van der Waals surface area contributed by atoms with Gasteiger partial charge in [0.25, 0.3) is 5.91 Å². The van der Waals surface area contributed by atoms with E-state index in [1.165, 1.54) is 11.6 Å². The van der Waals surface area contributed by atoms with E-state index in [9.17, 15) is 9.18 Å². The zero-order chi connectivity index (χ0) is 25.8. The van der Waals surface area contributed by atoms with Gasteiger partial charge in [-0.15, -0.1) is 0 Å². The normalized spacial score (nSPS) is 14.4. The van der Waals surface area contributed by atoms with E-state index in [2.05, 4.69) is 35.3 Å². The molecular weight excluding hydrogens is 463 g/mol. The Kier molecular flexibility index (Phi) is 7.28. The van der Waals surface area contributed by atoms with Crippen LogP contribution in [0.5, 0.6) is 0 Å². The van der Waals surface area contributed by atoms with Crippen molar-refractivity contribution in [2.24, 2.45) is 0 Å². The molecule has 5 nitrogen and oxygen atoms in total. The summed E-state index contributed by atoms with van der Waals surface area (Å²) in [5.74, 6) is -0.446. The smallest absolute Gasteiger partial charge is 0.272 e. The minimum atomic E-state index is -0.357. The lowest BCUT2D eigenvalue weighted by atomic mass is 10.1. The Morgan fingerprint density at radius 1 is 0.919 bits per heavy atom. The van der Waals surface area contributed by atoms with Gasteiger partial charge in [0, 0.05) is 38.3 Å². The first kappa shape index (κ1) is 24.7. The molecule has 0 N–H and O–H groups in total. The number of piperazine rings is 1. The molecule has 188 valence electrons. The first-order chi connectivity index (χ1) is 18.0. The van der Waals surface area contributed by atoms with Gasteiger partial charge in [0.1, 0.15) is 11.5 Å². The summed E-state index contributed by atoms with van der Waals surface area (Å²) in [4.78, 5) is 18.0.